The molecule has 0 unspecified atom stereocenters. The first kappa shape index (κ1) is 20.5. The fourth-order valence-corrected chi connectivity index (χ4v) is 4.53. The molecule has 0 atom stereocenters. The lowest BCUT2D eigenvalue weighted by atomic mass is 10.1. The summed E-state index contributed by atoms with van der Waals surface area (Å²) in [5.41, 5.74) is 2.91. The second-order valence-corrected chi connectivity index (χ2v) is 8.90. The predicted octanol–water partition coefficient (Wildman–Crippen LogP) is 3.81. The van der Waals surface area contributed by atoms with Crippen molar-refractivity contribution in [1.29, 1.82) is 0 Å². The fourth-order valence-electron chi connectivity index (χ4n) is 3.33. The van der Waals surface area contributed by atoms with Gasteiger partial charge in [-0.1, -0.05) is 30.0 Å². The molecular weight excluding hydrogens is 410 g/mol. The number of sulfonamides is 1. The van der Waals surface area contributed by atoms with Crippen molar-refractivity contribution in [3.63, 3.8) is 0 Å². The van der Waals surface area contributed by atoms with E-state index in [9.17, 15) is 8.42 Å². The van der Waals surface area contributed by atoms with Gasteiger partial charge in [0.15, 0.2) is 0 Å². The number of anilines is 1. The lowest BCUT2D eigenvalue weighted by molar-refractivity contribution is 0.414. The Kier molecular flexibility index (Phi) is 5.40. The van der Waals surface area contributed by atoms with Gasteiger partial charge in [-0.25, -0.2) is 8.42 Å². The maximum atomic E-state index is 13.2. The molecule has 1 heterocycles. The van der Waals surface area contributed by atoms with Crippen molar-refractivity contribution in [1.82, 2.24) is 9.78 Å². The van der Waals surface area contributed by atoms with Crippen molar-refractivity contribution in [3.8, 4) is 17.6 Å². The normalized spacial score (nSPS) is 11.1. The zero-order valence-electron chi connectivity index (χ0n) is 17.4. The number of hydrogen-bond acceptors (Lipinski definition) is 4. The Hall–Kier alpha value is -3.76. The molecule has 0 amide bonds. The smallest absolute Gasteiger partial charge is 0.264 e. The Bertz CT molecular complexity index is 1400. The van der Waals surface area contributed by atoms with E-state index in [1.165, 1.54) is 30.6 Å². The first-order chi connectivity index (χ1) is 14.9. The molecule has 0 saturated heterocycles. The Morgan fingerprint density at radius 2 is 1.68 bits per heavy atom. The van der Waals surface area contributed by atoms with Crippen molar-refractivity contribution in [2.24, 2.45) is 7.05 Å². The minimum absolute atomic E-state index is 0.180. The van der Waals surface area contributed by atoms with E-state index in [1.807, 2.05) is 36.4 Å². The third-order valence-corrected chi connectivity index (χ3v) is 6.84. The number of methoxy groups -OCH3 is 1. The number of aryl methyl sites for hydroxylation is 1. The standard InChI is InChI=1S/C24H21N3O3S/c1-26-24-22(17-25-26)19(10-9-18-7-5-4-6-8-18)11-16-23(24)27(2)31(28,29)21-14-12-20(30-3)13-15-21/h4-8,11-17H,1-3H3. The molecule has 4 aromatic rings. The van der Waals surface area contributed by atoms with Gasteiger partial charge in [-0.15, -0.1) is 0 Å². The van der Waals surface area contributed by atoms with Gasteiger partial charge in [0.1, 0.15) is 5.75 Å². The van der Waals surface area contributed by atoms with Gasteiger partial charge in [0.25, 0.3) is 10.0 Å². The highest BCUT2D eigenvalue weighted by atomic mass is 32.2. The molecular formula is C24H21N3O3S. The van der Waals surface area contributed by atoms with Gasteiger partial charge < -0.3 is 4.74 Å². The molecule has 0 spiro atoms. The quantitative estimate of drug-likeness (QED) is 0.461. The van der Waals surface area contributed by atoms with Crippen LogP contribution < -0.4 is 9.04 Å². The third kappa shape index (κ3) is 3.86. The number of ether oxygens (including phenoxy) is 1. The summed E-state index contributed by atoms with van der Waals surface area (Å²) in [5.74, 6) is 6.92. The van der Waals surface area contributed by atoms with Gasteiger partial charge in [-0.3, -0.25) is 8.99 Å². The van der Waals surface area contributed by atoms with E-state index in [2.05, 4.69) is 16.9 Å². The number of benzene rings is 3. The fraction of sp³-hybridized carbons (Fsp3) is 0.125. The topological polar surface area (TPSA) is 64.4 Å². The highest BCUT2D eigenvalue weighted by Gasteiger charge is 2.24. The van der Waals surface area contributed by atoms with Gasteiger partial charge in [0.2, 0.25) is 0 Å². The van der Waals surface area contributed by atoms with Crippen molar-refractivity contribution in [3.05, 3.63) is 84.1 Å². The van der Waals surface area contributed by atoms with Crippen LogP contribution in [0.5, 0.6) is 5.75 Å². The van der Waals surface area contributed by atoms with Crippen LogP contribution in [0.4, 0.5) is 5.69 Å². The second kappa shape index (κ2) is 8.17. The summed E-state index contributed by atoms with van der Waals surface area (Å²) in [4.78, 5) is 0.180. The average molecular weight is 432 g/mol. The highest BCUT2D eigenvalue weighted by molar-refractivity contribution is 7.92. The number of nitrogens with zero attached hydrogens (tertiary/aromatic N) is 3. The Labute approximate surface area is 181 Å². The van der Waals surface area contributed by atoms with Gasteiger partial charge in [-0.05, 0) is 48.5 Å². The summed E-state index contributed by atoms with van der Waals surface area (Å²) < 4.78 is 34.5. The zero-order chi connectivity index (χ0) is 22.0. The van der Waals surface area contributed by atoms with Crippen LogP contribution in [0, 0.1) is 11.8 Å². The molecule has 156 valence electrons. The number of rotatable bonds is 4. The van der Waals surface area contributed by atoms with Crippen molar-refractivity contribution in [2.75, 3.05) is 18.5 Å². The SMILES string of the molecule is COc1ccc(S(=O)(=O)N(C)c2ccc(C#Cc3ccccc3)c3cnn(C)c23)cc1. The Balaban J connectivity index is 1.78. The Morgan fingerprint density at radius 1 is 0.968 bits per heavy atom. The van der Waals surface area contributed by atoms with Gasteiger partial charge >= 0.3 is 0 Å². The summed E-state index contributed by atoms with van der Waals surface area (Å²) in [6.45, 7) is 0. The molecule has 0 radical (unpaired) electrons. The van der Waals surface area contributed by atoms with Crippen LogP contribution in [-0.2, 0) is 17.1 Å². The molecule has 1 aromatic heterocycles. The van der Waals surface area contributed by atoms with E-state index in [0.717, 1.165) is 16.5 Å². The van der Waals surface area contributed by atoms with E-state index in [0.29, 0.717) is 17.0 Å². The summed E-state index contributed by atoms with van der Waals surface area (Å²) in [7, 11) is 1.09. The van der Waals surface area contributed by atoms with Crippen LogP contribution >= 0.6 is 0 Å². The van der Waals surface area contributed by atoms with Crippen molar-refractivity contribution < 1.29 is 13.2 Å². The van der Waals surface area contributed by atoms with Gasteiger partial charge in [-0.2, -0.15) is 5.10 Å². The molecule has 3 aromatic carbocycles. The van der Waals surface area contributed by atoms with E-state index in [4.69, 9.17) is 4.74 Å². The van der Waals surface area contributed by atoms with Crippen LogP contribution in [0.2, 0.25) is 0 Å². The summed E-state index contributed by atoms with van der Waals surface area (Å²) >= 11 is 0. The number of hydrogen-bond donors (Lipinski definition) is 0. The van der Waals surface area contributed by atoms with E-state index in [1.54, 1.807) is 36.1 Å². The van der Waals surface area contributed by atoms with Gasteiger partial charge in [0, 0.05) is 30.6 Å². The minimum atomic E-state index is -3.77. The van der Waals surface area contributed by atoms with Crippen molar-refractivity contribution in [2.45, 2.75) is 4.90 Å². The summed E-state index contributed by atoms with van der Waals surface area (Å²) in [5, 5.41) is 5.13. The van der Waals surface area contributed by atoms with Crippen LogP contribution in [0.3, 0.4) is 0 Å². The van der Waals surface area contributed by atoms with Gasteiger partial charge in [0.05, 0.1) is 29.4 Å². The minimum Gasteiger partial charge on any atom is -0.497 e. The lowest BCUT2D eigenvalue weighted by Gasteiger charge is -2.21. The van der Waals surface area contributed by atoms with E-state index < -0.39 is 10.0 Å². The van der Waals surface area contributed by atoms with E-state index >= 15 is 0 Å². The highest BCUT2D eigenvalue weighted by Crippen LogP contribution is 2.32. The molecule has 6 nitrogen and oxygen atoms in total. The Morgan fingerprint density at radius 3 is 2.35 bits per heavy atom. The molecule has 0 fully saturated rings. The second-order valence-electron chi connectivity index (χ2n) is 6.93. The average Bonchev–Trinajstić information content (AvgIpc) is 3.19. The van der Waals surface area contributed by atoms with E-state index in [-0.39, 0.29) is 4.90 Å². The molecule has 0 aliphatic carbocycles. The molecule has 0 aliphatic rings. The first-order valence-corrected chi connectivity index (χ1v) is 11.0. The molecule has 31 heavy (non-hydrogen) atoms. The maximum absolute atomic E-state index is 13.2. The lowest BCUT2D eigenvalue weighted by Crippen LogP contribution is -2.27. The monoisotopic (exact) mass is 431 g/mol. The molecule has 0 saturated carbocycles. The van der Waals surface area contributed by atoms with Crippen LogP contribution in [0.25, 0.3) is 10.9 Å². The molecule has 4 rings (SSSR count). The number of fused-ring (bicyclic) bond motifs is 1. The third-order valence-electron chi connectivity index (χ3n) is 5.05. The molecule has 0 N–H and O–H groups in total. The van der Waals surface area contributed by atoms with Crippen LogP contribution in [0.1, 0.15) is 11.1 Å². The molecule has 0 bridgehead atoms. The maximum Gasteiger partial charge on any atom is 0.264 e. The van der Waals surface area contributed by atoms with Crippen LogP contribution in [0.15, 0.2) is 77.8 Å². The summed E-state index contributed by atoms with van der Waals surface area (Å²) in [6.07, 6.45) is 1.71. The summed E-state index contributed by atoms with van der Waals surface area (Å²) in [6, 6.07) is 19.6. The number of aromatic nitrogens is 2. The molecule has 7 heteroatoms. The van der Waals surface area contributed by atoms with Crippen LogP contribution in [-0.4, -0.2) is 32.4 Å². The molecule has 0 aliphatic heterocycles. The van der Waals surface area contributed by atoms with Crippen molar-refractivity contribution >= 4 is 26.6 Å². The largest absolute Gasteiger partial charge is 0.497 e. The zero-order valence-corrected chi connectivity index (χ0v) is 18.2. The predicted molar refractivity (Wildman–Crippen MR) is 122 cm³/mol. The first-order valence-electron chi connectivity index (χ1n) is 9.56.